The highest BCUT2D eigenvalue weighted by molar-refractivity contribution is 5.94. The number of aryl methyl sites for hydroxylation is 1. The zero-order chi connectivity index (χ0) is 20.8. The van der Waals surface area contributed by atoms with Crippen LogP contribution in [0.25, 0.3) is 11.4 Å². The fourth-order valence-corrected chi connectivity index (χ4v) is 3.00. The van der Waals surface area contributed by atoms with Crippen LogP contribution < -0.4 is 10.6 Å². The Morgan fingerprint density at radius 1 is 0.867 bits per heavy atom. The molecule has 0 unspecified atom stereocenters. The van der Waals surface area contributed by atoms with Crippen LogP contribution >= 0.6 is 0 Å². The van der Waals surface area contributed by atoms with Crippen LogP contribution in [0, 0.1) is 6.92 Å². The quantitative estimate of drug-likeness (QED) is 0.476. The molecule has 0 fully saturated rings. The predicted molar refractivity (Wildman–Crippen MR) is 120 cm³/mol. The van der Waals surface area contributed by atoms with Gasteiger partial charge in [-0.05, 0) is 42.8 Å². The number of anilines is 2. The molecular formula is C25H22N4O. The molecule has 2 N–H and O–H groups in total. The molecular weight excluding hydrogens is 372 g/mol. The highest BCUT2D eigenvalue weighted by Crippen LogP contribution is 2.20. The van der Waals surface area contributed by atoms with E-state index in [2.05, 4.69) is 20.6 Å². The lowest BCUT2D eigenvalue weighted by Crippen LogP contribution is -2.22. The van der Waals surface area contributed by atoms with Crippen molar-refractivity contribution in [3.63, 3.8) is 0 Å². The maximum absolute atomic E-state index is 12.4. The molecule has 0 radical (unpaired) electrons. The highest BCUT2D eigenvalue weighted by Gasteiger charge is 2.07. The van der Waals surface area contributed by atoms with Crippen molar-refractivity contribution < 1.29 is 4.79 Å². The third kappa shape index (κ3) is 4.89. The molecule has 3 aromatic carbocycles. The molecule has 0 saturated heterocycles. The van der Waals surface area contributed by atoms with E-state index in [1.807, 2.05) is 79.7 Å². The maximum Gasteiger partial charge on any atom is 0.251 e. The minimum Gasteiger partial charge on any atom is -0.348 e. The van der Waals surface area contributed by atoms with Crippen molar-refractivity contribution in [1.29, 1.82) is 0 Å². The van der Waals surface area contributed by atoms with E-state index < -0.39 is 0 Å². The topological polar surface area (TPSA) is 66.9 Å². The van der Waals surface area contributed by atoms with Crippen molar-refractivity contribution in [3.05, 3.63) is 108 Å². The largest absolute Gasteiger partial charge is 0.348 e. The second kappa shape index (κ2) is 9.01. The Morgan fingerprint density at radius 3 is 2.33 bits per heavy atom. The number of carbonyl (C=O) groups excluding carboxylic acids is 1. The van der Waals surface area contributed by atoms with E-state index >= 15 is 0 Å². The first-order chi connectivity index (χ1) is 14.7. The van der Waals surface area contributed by atoms with Crippen molar-refractivity contribution >= 4 is 17.4 Å². The number of nitrogens with one attached hydrogen (secondary N) is 2. The van der Waals surface area contributed by atoms with Crippen molar-refractivity contribution in [3.8, 4) is 11.4 Å². The van der Waals surface area contributed by atoms with Gasteiger partial charge in [0.05, 0.1) is 0 Å². The Kier molecular flexibility index (Phi) is 5.80. The van der Waals surface area contributed by atoms with E-state index in [0.29, 0.717) is 23.8 Å². The summed E-state index contributed by atoms with van der Waals surface area (Å²) in [7, 11) is 0. The molecule has 0 aliphatic rings. The summed E-state index contributed by atoms with van der Waals surface area (Å²) >= 11 is 0. The van der Waals surface area contributed by atoms with E-state index in [9.17, 15) is 4.79 Å². The molecule has 4 aromatic rings. The Labute approximate surface area is 175 Å². The van der Waals surface area contributed by atoms with Gasteiger partial charge in [0, 0.05) is 29.6 Å². The van der Waals surface area contributed by atoms with Gasteiger partial charge < -0.3 is 10.6 Å². The van der Waals surface area contributed by atoms with Crippen LogP contribution in [-0.2, 0) is 6.54 Å². The molecule has 0 aliphatic heterocycles. The van der Waals surface area contributed by atoms with Crippen LogP contribution in [-0.4, -0.2) is 15.9 Å². The number of hydrogen-bond acceptors (Lipinski definition) is 4. The molecule has 1 aromatic heterocycles. The Balaban J connectivity index is 1.40. The van der Waals surface area contributed by atoms with Crippen LogP contribution in [0.15, 0.2) is 91.1 Å². The maximum atomic E-state index is 12.4. The summed E-state index contributed by atoms with van der Waals surface area (Å²) in [6.45, 7) is 2.55. The van der Waals surface area contributed by atoms with E-state index in [1.54, 1.807) is 18.3 Å². The summed E-state index contributed by atoms with van der Waals surface area (Å²) in [4.78, 5) is 21.3. The Bertz CT molecular complexity index is 1120. The van der Waals surface area contributed by atoms with Gasteiger partial charge in [-0.1, -0.05) is 60.2 Å². The number of aromatic nitrogens is 2. The van der Waals surface area contributed by atoms with Gasteiger partial charge in [0.1, 0.15) is 5.82 Å². The smallest absolute Gasteiger partial charge is 0.251 e. The van der Waals surface area contributed by atoms with Crippen molar-refractivity contribution in [2.24, 2.45) is 0 Å². The monoisotopic (exact) mass is 394 g/mol. The molecule has 0 saturated carbocycles. The fraction of sp³-hybridized carbons (Fsp3) is 0.0800. The molecule has 0 bridgehead atoms. The SMILES string of the molecule is Cc1ccc(-c2nccc(Nc3ccc(C(=O)NCc4ccccc4)cc3)n2)cc1. The van der Waals surface area contributed by atoms with Gasteiger partial charge in [-0.3, -0.25) is 4.79 Å². The number of rotatable bonds is 6. The molecule has 0 spiro atoms. The van der Waals surface area contributed by atoms with Gasteiger partial charge in [-0.25, -0.2) is 9.97 Å². The number of hydrogen-bond donors (Lipinski definition) is 2. The first-order valence-electron chi connectivity index (χ1n) is 9.77. The third-order valence-electron chi connectivity index (χ3n) is 4.68. The number of carbonyl (C=O) groups is 1. The zero-order valence-corrected chi connectivity index (χ0v) is 16.7. The molecule has 5 nitrogen and oxygen atoms in total. The minimum absolute atomic E-state index is 0.103. The summed E-state index contributed by atoms with van der Waals surface area (Å²) in [6.07, 6.45) is 1.73. The standard InChI is InChI=1S/C25H22N4O/c1-18-7-9-20(10-8-18)24-26-16-15-23(29-24)28-22-13-11-21(12-14-22)25(30)27-17-19-5-3-2-4-6-19/h2-16H,17H2,1H3,(H,27,30)(H,26,28,29). The summed E-state index contributed by atoms with van der Waals surface area (Å²) in [6, 6.07) is 27.1. The van der Waals surface area contributed by atoms with Crippen molar-refractivity contribution in [2.45, 2.75) is 13.5 Å². The molecule has 0 atom stereocenters. The number of amides is 1. The second-order valence-electron chi connectivity index (χ2n) is 7.00. The first kappa shape index (κ1) is 19.3. The molecule has 148 valence electrons. The summed E-state index contributed by atoms with van der Waals surface area (Å²) in [5.74, 6) is 1.26. The summed E-state index contributed by atoms with van der Waals surface area (Å²) in [5.41, 5.74) is 4.69. The van der Waals surface area contributed by atoms with E-state index in [0.717, 1.165) is 16.8 Å². The first-order valence-corrected chi connectivity index (χ1v) is 9.77. The van der Waals surface area contributed by atoms with Crippen LogP contribution in [0.3, 0.4) is 0 Å². The highest BCUT2D eigenvalue weighted by atomic mass is 16.1. The van der Waals surface area contributed by atoms with Gasteiger partial charge >= 0.3 is 0 Å². The van der Waals surface area contributed by atoms with Crippen LogP contribution in [0.5, 0.6) is 0 Å². The second-order valence-corrected chi connectivity index (χ2v) is 7.00. The molecule has 30 heavy (non-hydrogen) atoms. The van der Waals surface area contributed by atoms with Crippen LogP contribution in [0.2, 0.25) is 0 Å². The van der Waals surface area contributed by atoms with E-state index in [4.69, 9.17) is 0 Å². The van der Waals surface area contributed by atoms with Crippen LogP contribution in [0.4, 0.5) is 11.5 Å². The van der Waals surface area contributed by atoms with Gasteiger partial charge in [0.15, 0.2) is 5.82 Å². The van der Waals surface area contributed by atoms with Crippen molar-refractivity contribution in [1.82, 2.24) is 15.3 Å². The zero-order valence-electron chi connectivity index (χ0n) is 16.7. The molecule has 1 heterocycles. The normalized spacial score (nSPS) is 10.4. The molecule has 1 amide bonds. The average molecular weight is 394 g/mol. The van der Waals surface area contributed by atoms with Gasteiger partial charge in [-0.15, -0.1) is 0 Å². The Morgan fingerprint density at radius 2 is 1.60 bits per heavy atom. The third-order valence-corrected chi connectivity index (χ3v) is 4.68. The fourth-order valence-electron chi connectivity index (χ4n) is 3.00. The predicted octanol–water partition coefficient (Wildman–Crippen LogP) is 5.13. The lowest BCUT2D eigenvalue weighted by Gasteiger charge is -2.09. The lowest BCUT2D eigenvalue weighted by molar-refractivity contribution is 0.0951. The van der Waals surface area contributed by atoms with Gasteiger partial charge in [-0.2, -0.15) is 0 Å². The van der Waals surface area contributed by atoms with E-state index in [1.165, 1.54) is 5.56 Å². The number of nitrogens with zero attached hydrogens (tertiary/aromatic N) is 2. The molecule has 5 heteroatoms. The van der Waals surface area contributed by atoms with Crippen LogP contribution in [0.1, 0.15) is 21.5 Å². The minimum atomic E-state index is -0.103. The van der Waals surface area contributed by atoms with E-state index in [-0.39, 0.29) is 5.91 Å². The average Bonchev–Trinajstić information content (AvgIpc) is 2.79. The molecule has 4 rings (SSSR count). The Hall–Kier alpha value is -3.99. The number of benzene rings is 3. The summed E-state index contributed by atoms with van der Waals surface area (Å²) in [5, 5.41) is 6.20. The summed E-state index contributed by atoms with van der Waals surface area (Å²) < 4.78 is 0. The molecule has 0 aliphatic carbocycles. The van der Waals surface area contributed by atoms with Crippen molar-refractivity contribution in [2.75, 3.05) is 5.32 Å². The van der Waals surface area contributed by atoms with Gasteiger partial charge in [0.2, 0.25) is 0 Å². The lowest BCUT2D eigenvalue weighted by atomic mass is 10.1. The van der Waals surface area contributed by atoms with Gasteiger partial charge in [0.25, 0.3) is 5.91 Å².